The number of rotatable bonds is 8. The van der Waals surface area contributed by atoms with E-state index in [1.165, 1.54) is 0 Å². The molecule has 0 aliphatic heterocycles. The molecule has 1 amide bonds. The van der Waals surface area contributed by atoms with Crippen LogP contribution in [0.3, 0.4) is 0 Å². The van der Waals surface area contributed by atoms with Crippen LogP contribution in [0, 0.1) is 0 Å². The van der Waals surface area contributed by atoms with Crippen molar-refractivity contribution in [2.24, 2.45) is 0 Å². The molecule has 0 spiro atoms. The Labute approximate surface area is 147 Å². The minimum absolute atomic E-state index is 0.00768. The minimum atomic E-state index is -0.959. The number of carbonyl (C=O) groups excluding carboxylic acids is 1. The van der Waals surface area contributed by atoms with Crippen molar-refractivity contribution in [1.82, 2.24) is 4.90 Å². The number of aliphatic carboxylic acids is 1. The highest BCUT2D eigenvalue weighted by Gasteiger charge is 2.17. The number of nitrogens with one attached hydrogen (secondary N) is 1. The van der Waals surface area contributed by atoms with Gasteiger partial charge in [-0.15, -0.1) is 0 Å². The molecule has 0 aliphatic rings. The van der Waals surface area contributed by atoms with E-state index in [1.54, 1.807) is 29.2 Å². The molecule has 2 rings (SSSR count). The summed E-state index contributed by atoms with van der Waals surface area (Å²) in [5.41, 5.74) is 0.595. The van der Waals surface area contributed by atoms with Crippen molar-refractivity contribution in [3.05, 3.63) is 54.6 Å². The second-order valence-corrected chi connectivity index (χ2v) is 5.88. The molecule has 0 saturated carbocycles. The molecule has 0 aromatic heterocycles. The number of anilines is 1. The summed E-state index contributed by atoms with van der Waals surface area (Å²) in [5, 5.41) is 11.7. The molecule has 0 atom stereocenters. The summed E-state index contributed by atoms with van der Waals surface area (Å²) in [6, 6.07) is 16.4. The Balaban J connectivity index is 1.98. The second-order valence-electron chi connectivity index (χ2n) is 5.88. The third-order valence-corrected chi connectivity index (χ3v) is 3.51. The van der Waals surface area contributed by atoms with E-state index in [9.17, 15) is 9.59 Å². The van der Waals surface area contributed by atoms with Crippen molar-refractivity contribution in [2.45, 2.75) is 19.9 Å². The molecule has 2 N–H and O–H groups in total. The maximum atomic E-state index is 12.2. The average molecular weight is 342 g/mol. The molecule has 0 radical (unpaired) electrons. The number of carboxylic acid groups (broad SMARTS) is 1. The lowest BCUT2D eigenvalue weighted by atomic mass is 10.2. The summed E-state index contributed by atoms with van der Waals surface area (Å²) >= 11 is 0. The molecule has 0 aliphatic carbocycles. The number of para-hydroxylation sites is 1. The van der Waals surface area contributed by atoms with Crippen molar-refractivity contribution < 1.29 is 19.4 Å². The number of carboxylic acids is 1. The molecule has 0 fully saturated rings. The van der Waals surface area contributed by atoms with Gasteiger partial charge in [0.25, 0.3) is 0 Å². The first kappa shape index (κ1) is 18.5. The third kappa shape index (κ3) is 6.27. The number of carbonyl (C=O) groups is 2. The van der Waals surface area contributed by atoms with Crippen LogP contribution in [-0.4, -0.2) is 41.0 Å². The Bertz CT molecular complexity index is 716. The lowest BCUT2D eigenvalue weighted by Crippen LogP contribution is -2.41. The van der Waals surface area contributed by atoms with Crippen molar-refractivity contribution in [3.63, 3.8) is 0 Å². The van der Waals surface area contributed by atoms with Crippen LogP contribution in [0.15, 0.2) is 54.6 Å². The monoisotopic (exact) mass is 342 g/mol. The molecule has 2 aromatic carbocycles. The molecule has 0 bridgehead atoms. The van der Waals surface area contributed by atoms with Gasteiger partial charge in [0.15, 0.2) is 0 Å². The van der Waals surface area contributed by atoms with E-state index in [4.69, 9.17) is 9.84 Å². The summed E-state index contributed by atoms with van der Waals surface area (Å²) in [7, 11) is 0. The van der Waals surface area contributed by atoms with Crippen molar-refractivity contribution in [3.8, 4) is 11.5 Å². The van der Waals surface area contributed by atoms with Crippen LogP contribution in [0.2, 0.25) is 0 Å². The Morgan fingerprint density at radius 2 is 1.72 bits per heavy atom. The lowest BCUT2D eigenvalue weighted by Gasteiger charge is -2.23. The van der Waals surface area contributed by atoms with Crippen molar-refractivity contribution in [2.75, 3.05) is 18.4 Å². The fourth-order valence-electron chi connectivity index (χ4n) is 2.24. The smallest absolute Gasteiger partial charge is 0.317 e. The highest BCUT2D eigenvalue weighted by Crippen LogP contribution is 2.23. The maximum Gasteiger partial charge on any atom is 0.317 e. The van der Waals surface area contributed by atoms with Gasteiger partial charge in [-0.25, -0.2) is 0 Å². The zero-order valence-corrected chi connectivity index (χ0v) is 14.3. The van der Waals surface area contributed by atoms with Gasteiger partial charge in [-0.05, 0) is 38.1 Å². The van der Waals surface area contributed by atoms with Gasteiger partial charge >= 0.3 is 5.97 Å². The Hall–Kier alpha value is -2.86. The Morgan fingerprint density at radius 3 is 2.36 bits per heavy atom. The van der Waals surface area contributed by atoms with Crippen LogP contribution in [0.25, 0.3) is 0 Å². The summed E-state index contributed by atoms with van der Waals surface area (Å²) in [6.45, 7) is 3.53. The van der Waals surface area contributed by atoms with Gasteiger partial charge in [0.05, 0.1) is 13.1 Å². The van der Waals surface area contributed by atoms with E-state index in [2.05, 4.69) is 5.32 Å². The molecular weight excluding hydrogens is 320 g/mol. The van der Waals surface area contributed by atoms with Crippen LogP contribution in [0.5, 0.6) is 11.5 Å². The zero-order chi connectivity index (χ0) is 18.2. The normalized spacial score (nSPS) is 10.7. The summed E-state index contributed by atoms with van der Waals surface area (Å²) in [5.74, 6) is 0.0836. The van der Waals surface area contributed by atoms with Crippen LogP contribution < -0.4 is 10.1 Å². The Morgan fingerprint density at radius 1 is 1.04 bits per heavy atom. The molecular formula is C19H22N2O4. The van der Waals surface area contributed by atoms with Crippen LogP contribution in [-0.2, 0) is 9.59 Å². The predicted molar refractivity (Wildman–Crippen MR) is 95.9 cm³/mol. The van der Waals surface area contributed by atoms with E-state index in [-0.39, 0.29) is 25.0 Å². The molecule has 0 unspecified atom stereocenters. The number of ether oxygens (including phenoxy) is 1. The molecule has 6 heteroatoms. The van der Waals surface area contributed by atoms with Gasteiger partial charge in [-0.1, -0.05) is 24.3 Å². The molecule has 0 heterocycles. The molecule has 2 aromatic rings. The summed E-state index contributed by atoms with van der Waals surface area (Å²) in [4.78, 5) is 24.7. The number of nitrogens with zero attached hydrogens (tertiary/aromatic N) is 1. The van der Waals surface area contributed by atoms with Crippen molar-refractivity contribution in [1.29, 1.82) is 0 Å². The largest absolute Gasteiger partial charge is 0.480 e. The van der Waals surface area contributed by atoms with Gasteiger partial charge in [0, 0.05) is 17.8 Å². The fraction of sp³-hybridized carbons (Fsp3) is 0.263. The zero-order valence-electron chi connectivity index (χ0n) is 14.3. The maximum absolute atomic E-state index is 12.2. The quantitative estimate of drug-likeness (QED) is 0.770. The fourth-order valence-corrected chi connectivity index (χ4v) is 2.24. The number of hydrogen-bond acceptors (Lipinski definition) is 4. The minimum Gasteiger partial charge on any atom is -0.480 e. The van der Waals surface area contributed by atoms with Crippen molar-refractivity contribution >= 4 is 17.6 Å². The average Bonchev–Trinajstić information content (AvgIpc) is 2.55. The summed E-state index contributed by atoms with van der Waals surface area (Å²) < 4.78 is 5.73. The molecule has 25 heavy (non-hydrogen) atoms. The standard InChI is InChI=1S/C19H22N2O4/c1-14(2)21(13-19(23)24)12-18(22)20-15-7-6-10-17(11-15)25-16-8-4-3-5-9-16/h3-11,14H,12-13H2,1-2H3,(H,20,22)(H,23,24). The van der Waals surface area contributed by atoms with E-state index in [0.29, 0.717) is 17.2 Å². The van der Waals surface area contributed by atoms with E-state index < -0.39 is 5.97 Å². The first-order chi connectivity index (χ1) is 11.9. The topological polar surface area (TPSA) is 78.9 Å². The predicted octanol–water partition coefficient (Wildman–Crippen LogP) is 3.21. The third-order valence-electron chi connectivity index (χ3n) is 3.51. The van der Waals surface area contributed by atoms with Gasteiger partial charge in [0.1, 0.15) is 11.5 Å². The summed E-state index contributed by atoms with van der Waals surface area (Å²) in [6.07, 6.45) is 0. The highest BCUT2D eigenvalue weighted by molar-refractivity contribution is 5.92. The molecule has 132 valence electrons. The first-order valence-electron chi connectivity index (χ1n) is 8.02. The molecule has 6 nitrogen and oxygen atoms in total. The number of benzene rings is 2. The van der Waals surface area contributed by atoms with Gasteiger partial charge < -0.3 is 15.2 Å². The first-order valence-corrected chi connectivity index (χ1v) is 8.02. The van der Waals surface area contributed by atoms with Crippen LogP contribution in [0.4, 0.5) is 5.69 Å². The number of hydrogen-bond donors (Lipinski definition) is 2. The highest BCUT2D eigenvalue weighted by atomic mass is 16.5. The van der Waals surface area contributed by atoms with E-state index >= 15 is 0 Å². The molecule has 0 saturated heterocycles. The Kier molecular flexibility index (Phi) is 6.54. The van der Waals surface area contributed by atoms with Crippen LogP contribution in [0.1, 0.15) is 13.8 Å². The van der Waals surface area contributed by atoms with Crippen LogP contribution >= 0.6 is 0 Å². The SMILES string of the molecule is CC(C)N(CC(=O)O)CC(=O)Nc1cccc(Oc2ccccc2)c1. The van der Waals surface area contributed by atoms with E-state index in [1.807, 2.05) is 44.2 Å². The lowest BCUT2D eigenvalue weighted by molar-refractivity contribution is -0.139. The van der Waals surface area contributed by atoms with Gasteiger partial charge in [-0.3, -0.25) is 14.5 Å². The second kappa shape index (κ2) is 8.84. The van der Waals surface area contributed by atoms with E-state index in [0.717, 1.165) is 0 Å². The van der Waals surface area contributed by atoms with Gasteiger partial charge in [-0.2, -0.15) is 0 Å². The van der Waals surface area contributed by atoms with Gasteiger partial charge in [0.2, 0.25) is 5.91 Å². The number of amides is 1.